The van der Waals surface area contributed by atoms with E-state index in [2.05, 4.69) is 0 Å². The van der Waals surface area contributed by atoms with Crippen LogP contribution in [0.4, 0.5) is 0 Å². The number of ketones is 1. The minimum Gasteiger partial charge on any atom is -0.475 e. The van der Waals surface area contributed by atoms with Crippen molar-refractivity contribution in [1.29, 1.82) is 0 Å². The fourth-order valence-corrected chi connectivity index (χ4v) is 1.42. The van der Waals surface area contributed by atoms with Gasteiger partial charge in [-0.3, -0.25) is 14.4 Å². The number of aldehydes is 1. The van der Waals surface area contributed by atoms with E-state index in [0.717, 1.165) is 0 Å². The molecule has 0 fully saturated rings. The van der Waals surface area contributed by atoms with Crippen LogP contribution >= 0.6 is 0 Å². The molecule has 0 saturated heterocycles. The second-order valence-electron chi connectivity index (χ2n) is 4.21. The van der Waals surface area contributed by atoms with E-state index < -0.39 is 61.1 Å². The van der Waals surface area contributed by atoms with Crippen LogP contribution in [0.5, 0.6) is 0 Å². The van der Waals surface area contributed by atoms with Crippen LogP contribution in [0.2, 0.25) is 0 Å². The van der Waals surface area contributed by atoms with Gasteiger partial charge in [-0.25, -0.2) is 4.79 Å². The van der Waals surface area contributed by atoms with Gasteiger partial charge >= 0.3 is 5.97 Å². The normalized spacial score (nSPS) is 19.8. The first kappa shape index (κ1) is 18.1. The Morgan fingerprint density at radius 3 is 2.05 bits per heavy atom. The van der Waals surface area contributed by atoms with Gasteiger partial charge in [0, 0.05) is 6.42 Å². The van der Waals surface area contributed by atoms with E-state index in [-0.39, 0.29) is 6.29 Å². The van der Waals surface area contributed by atoms with Crippen molar-refractivity contribution in [2.75, 3.05) is 6.61 Å². The summed E-state index contributed by atoms with van der Waals surface area (Å²) >= 11 is 0. The summed E-state index contributed by atoms with van der Waals surface area (Å²) in [5.41, 5.74) is 0. The Morgan fingerprint density at radius 2 is 1.64 bits per heavy atom. The van der Waals surface area contributed by atoms with Crippen LogP contribution in [-0.4, -0.2) is 91.6 Å². The molecule has 0 spiro atoms. The molecule has 11 nitrogen and oxygen atoms in total. The molecule has 0 aliphatic heterocycles. The van der Waals surface area contributed by atoms with Crippen molar-refractivity contribution < 1.29 is 51.2 Å². The molecule has 0 unspecified atom stereocenters. The number of hydrogen-bond acceptors (Lipinski definition) is 9. The number of aliphatic hydroxyl groups excluding tert-OH is 5. The second kappa shape index (κ2) is 9.17. The van der Waals surface area contributed by atoms with Crippen LogP contribution < -0.4 is 5.32 Å². The summed E-state index contributed by atoms with van der Waals surface area (Å²) in [5.74, 6) is -5.76. The maximum absolute atomic E-state index is 11.5. The van der Waals surface area contributed by atoms with Crippen molar-refractivity contribution in [1.82, 2.24) is 5.32 Å². The van der Waals surface area contributed by atoms with Gasteiger partial charge in [0.25, 0.3) is 11.7 Å². The highest BCUT2D eigenvalue weighted by molar-refractivity contribution is 6.36. The van der Waals surface area contributed by atoms with Gasteiger partial charge in [-0.05, 0) is 0 Å². The predicted molar refractivity (Wildman–Crippen MR) is 66.4 cm³/mol. The third-order valence-corrected chi connectivity index (χ3v) is 2.58. The lowest BCUT2D eigenvalue weighted by atomic mass is 9.96. The Bertz CT molecular complexity index is 472. The molecule has 0 bridgehead atoms. The molecular weight excluding hydrogens is 306 g/mol. The van der Waals surface area contributed by atoms with Gasteiger partial charge in [-0.2, -0.15) is 0 Å². The van der Waals surface area contributed by atoms with Crippen LogP contribution in [0.1, 0.15) is 7.79 Å². The third kappa shape index (κ3) is 5.83. The van der Waals surface area contributed by atoms with Crippen LogP contribution in [0, 0.1) is 0 Å². The average molecular weight is 324 g/mol. The highest BCUT2D eigenvalue weighted by atomic mass is 16.4. The topological polar surface area (TPSA) is 202 Å². The second-order valence-corrected chi connectivity index (χ2v) is 4.21. The molecule has 0 aromatic rings. The van der Waals surface area contributed by atoms with Crippen LogP contribution in [0.25, 0.3) is 0 Å². The number of rotatable bonds is 10. The standard InChI is InChI=1S/C11H17NO10/c13-2-6(17)9(19)5(16)1-4(15)8(10(20)11(21)22)12-7(18)3-14/h3-6,8-9,13,15-17,19H,1-2H2,(H,12,18)(H,21,22)/t4-,5+,6+,8+,9-/m0/s1/i8D. The predicted octanol–water partition coefficient (Wildman–Crippen LogP) is -4.85. The first-order valence-corrected chi connectivity index (χ1v) is 5.89. The number of carboxylic acid groups (broad SMARTS) is 1. The monoisotopic (exact) mass is 324 g/mol. The van der Waals surface area contributed by atoms with Crippen molar-refractivity contribution in [3.8, 4) is 0 Å². The smallest absolute Gasteiger partial charge is 0.374 e. The number of carbonyl (C=O) groups is 4. The zero-order valence-corrected chi connectivity index (χ0v) is 11.1. The average Bonchev–Trinajstić information content (AvgIpc) is 2.51. The van der Waals surface area contributed by atoms with Crippen molar-refractivity contribution in [3.63, 3.8) is 0 Å². The first-order valence-electron chi connectivity index (χ1n) is 6.39. The molecule has 5 atom stereocenters. The fourth-order valence-electron chi connectivity index (χ4n) is 1.42. The summed E-state index contributed by atoms with van der Waals surface area (Å²) in [4.78, 5) is 43.4. The fraction of sp³-hybridized carbons (Fsp3) is 0.636. The third-order valence-electron chi connectivity index (χ3n) is 2.58. The van der Waals surface area contributed by atoms with Crippen molar-refractivity contribution >= 4 is 23.9 Å². The van der Waals surface area contributed by atoms with E-state index in [4.69, 9.17) is 16.7 Å². The maximum Gasteiger partial charge on any atom is 0.374 e. The van der Waals surface area contributed by atoms with Gasteiger partial charge < -0.3 is 36.0 Å². The van der Waals surface area contributed by atoms with E-state index in [0.29, 0.717) is 0 Å². The largest absolute Gasteiger partial charge is 0.475 e. The van der Waals surface area contributed by atoms with Crippen LogP contribution in [0.15, 0.2) is 0 Å². The molecule has 0 aromatic heterocycles. The van der Waals surface area contributed by atoms with Crippen LogP contribution in [0.3, 0.4) is 0 Å². The summed E-state index contributed by atoms with van der Waals surface area (Å²) in [6.45, 7) is -0.948. The van der Waals surface area contributed by atoms with Gasteiger partial charge in [0.2, 0.25) is 6.29 Å². The number of aliphatic carboxylic acids is 1. The summed E-state index contributed by atoms with van der Waals surface area (Å²) in [6, 6.07) is -3.21. The molecule has 0 rings (SSSR count). The summed E-state index contributed by atoms with van der Waals surface area (Å²) in [5, 5.41) is 56.5. The number of nitrogens with one attached hydrogen (secondary N) is 1. The Kier molecular flexibility index (Phi) is 7.56. The SMILES string of the molecule is [2H][C@](NC(=O)C=O)(C(=O)C(=O)O)[C@@H](O)C[C@@H](O)[C@H](O)[C@H](O)CO. The van der Waals surface area contributed by atoms with E-state index >= 15 is 0 Å². The number of aliphatic hydroxyl groups is 5. The molecule has 0 aliphatic carbocycles. The molecule has 1 amide bonds. The van der Waals surface area contributed by atoms with Gasteiger partial charge in [0.1, 0.15) is 18.2 Å². The highest BCUT2D eigenvalue weighted by Crippen LogP contribution is 2.10. The molecule has 0 saturated carbocycles. The van der Waals surface area contributed by atoms with E-state index in [1.807, 2.05) is 0 Å². The molecule has 0 radical (unpaired) electrons. The van der Waals surface area contributed by atoms with E-state index in [1.165, 1.54) is 5.32 Å². The Balaban J connectivity index is 5.32. The maximum atomic E-state index is 11.5. The first-order chi connectivity index (χ1) is 10.5. The lowest BCUT2D eigenvalue weighted by Crippen LogP contribution is -2.53. The Morgan fingerprint density at radius 1 is 1.09 bits per heavy atom. The minimum absolute atomic E-state index is 0.369. The van der Waals surface area contributed by atoms with Crippen molar-refractivity contribution in [2.45, 2.75) is 36.9 Å². The minimum atomic E-state index is -3.21. The van der Waals surface area contributed by atoms with Crippen molar-refractivity contribution in [3.05, 3.63) is 0 Å². The number of hydrogen-bond donors (Lipinski definition) is 7. The molecular formula is C11H17NO10. The van der Waals surface area contributed by atoms with Crippen LogP contribution in [-0.2, 0) is 19.2 Å². The van der Waals surface area contributed by atoms with Gasteiger partial charge in [0.15, 0.2) is 0 Å². The Labute approximate surface area is 125 Å². The quantitative estimate of drug-likeness (QED) is 0.151. The zero-order chi connectivity index (χ0) is 18.4. The Hall–Kier alpha value is -1.92. The van der Waals surface area contributed by atoms with Crippen molar-refractivity contribution in [2.24, 2.45) is 0 Å². The number of Topliss-reactive ketones (excluding diaryl/α,β-unsaturated/α-hetero) is 1. The summed E-state index contributed by atoms with van der Waals surface area (Å²) in [7, 11) is 0. The van der Waals surface area contributed by atoms with Gasteiger partial charge in [-0.1, -0.05) is 0 Å². The molecule has 126 valence electrons. The van der Waals surface area contributed by atoms with E-state index in [1.54, 1.807) is 0 Å². The summed E-state index contributed by atoms with van der Waals surface area (Å²) in [6.07, 6.45) is -9.53. The molecule has 0 aliphatic rings. The highest BCUT2D eigenvalue weighted by Gasteiger charge is 2.36. The molecule has 0 aromatic carbocycles. The van der Waals surface area contributed by atoms with E-state index in [9.17, 15) is 34.5 Å². The van der Waals surface area contributed by atoms with Gasteiger partial charge in [0.05, 0.1) is 20.2 Å². The lowest BCUT2D eigenvalue weighted by molar-refractivity contribution is -0.153. The molecule has 0 heterocycles. The molecule has 11 heteroatoms. The number of carboxylic acids is 1. The zero-order valence-electron chi connectivity index (χ0n) is 12.1. The number of amides is 1. The molecule has 7 N–H and O–H groups in total. The lowest BCUT2D eigenvalue weighted by Gasteiger charge is -2.26. The summed E-state index contributed by atoms with van der Waals surface area (Å²) < 4.78 is 7.61. The van der Waals surface area contributed by atoms with Gasteiger partial charge in [-0.15, -0.1) is 0 Å². The molecule has 22 heavy (non-hydrogen) atoms. The number of carbonyl (C=O) groups excluding carboxylic acids is 3.